The maximum Gasteiger partial charge on any atom is 0.148 e. The first-order valence-corrected chi connectivity index (χ1v) is 7.05. The third kappa shape index (κ3) is 3.64. The molecule has 0 saturated heterocycles. The fraction of sp³-hybridized carbons (Fsp3) is 0.263. The molecule has 1 aromatic heterocycles. The van der Waals surface area contributed by atoms with E-state index in [1.807, 2.05) is 18.2 Å². The second-order valence-corrected chi connectivity index (χ2v) is 4.79. The summed E-state index contributed by atoms with van der Waals surface area (Å²) < 4.78 is 7.57. The van der Waals surface area contributed by atoms with E-state index in [9.17, 15) is 0 Å². The molecule has 0 saturated carbocycles. The van der Waals surface area contributed by atoms with Crippen molar-refractivity contribution in [3.8, 4) is 42.8 Å². The molecule has 0 aliphatic heterocycles. The molecule has 0 fully saturated rings. The molecule has 0 atom stereocenters. The van der Waals surface area contributed by atoms with Gasteiger partial charge in [0.05, 0.1) is 13.1 Å². The second kappa shape index (κ2) is 7.84. The van der Waals surface area contributed by atoms with E-state index in [2.05, 4.69) is 33.8 Å². The zero-order valence-corrected chi connectivity index (χ0v) is 12.4. The van der Waals surface area contributed by atoms with Crippen molar-refractivity contribution in [2.45, 2.75) is 13.0 Å². The number of rotatable bonds is 7. The molecular formula is C19H18N2O. The first kappa shape index (κ1) is 15.6. The van der Waals surface area contributed by atoms with Crippen LogP contribution < -0.4 is 10.1 Å². The molecule has 2 aromatic rings. The van der Waals surface area contributed by atoms with Crippen LogP contribution in [-0.4, -0.2) is 24.3 Å². The summed E-state index contributed by atoms with van der Waals surface area (Å²) in [5.41, 5.74) is 2.30. The summed E-state index contributed by atoms with van der Waals surface area (Å²) in [6, 6.07) is 5.93. The maximum atomic E-state index is 5.50. The number of nitrogens with one attached hydrogen (secondary N) is 1. The first-order valence-electron chi connectivity index (χ1n) is 7.05. The lowest BCUT2D eigenvalue weighted by Crippen LogP contribution is -2.17. The van der Waals surface area contributed by atoms with E-state index >= 15 is 0 Å². The van der Waals surface area contributed by atoms with Gasteiger partial charge in [0.1, 0.15) is 12.4 Å². The topological polar surface area (TPSA) is 26.2 Å². The van der Waals surface area contributed by atoms with Gasteiger partial charge in [0, 0.05) is 23.6 Å². The van der Waals surface area contributed by atoms with Gasteiger partial charge in [-0.2, -0.15) is 0 Å². The van der Waals surface area contributed by atoms with Crippen molar-refractivity contribution < 1.29 is 4.74 Å². The highest BCUT2D eigenvalue weighted by molar-refractivity contribution is 5.85. The summed E-state index contributed by atoms with van der Waals surface area (Å²) in [4.78, 5) is 0. The van der Waals surface area contributed by atoms with Gasteiger partial charge in [-0.25, -0.2) is 0 Å². The Kier molecular flexibility index (Phi) is 5.56. The van der Waals surface area contributed by atoms with Crippen LogP contribution >= 0.6 is 0 Å². The van der Waals surface area contributed by atoms with Crippen LogP contribution in [0.1, 0.15) is 5.56 Å². The van der Waals surface area contributed by atoms with E-state index < -0.39 is 0 Å². The summed E-state index contributed by atoms with van der Waals surface area (Å²) >= 11 is 0. The van der Waals surface area contributed by atoms with Gasteiger partial charge in [0.2, 0.25) is 0 Å². The number of benzene rings is 1. The van der Waals surface area contributed by atoms with Crippen LogP contribution in [0.25, 0.3) is 10.9 Å². The number of ether oxygens (including phenoxy) is 1. The predicted molar refractivity (Wildman–Crippen MR) is 90.5 cm³/mol. The summed E-state index contributed by atoms with van der Waals surface area (Å²) in [5, 5.41) is 4.33. The van der Waals surface area contributed by atoms with Crippen molar-refractivity contribution in [1.82, 2.24) is 9.88 Å². The highest BCUT2D eigenvalue weighted by Gasteiger charge is 2.09. The van der Waals surface area contributed by atoms with Crippen molar-refractivity contribution in [3.63, 3.8) is 0 Å². The number of terminal acetylenes is 3. The summed E-state index contributed by atoms with van der Waals surface area (Å²) in [6.45, 7) is 2.18. The van der Waals surface area contributed by atoms with Crippen LogP contribution in [-0.2, 0) is 13.0 Å². The van der Waals surface area contributed by atoms with Gasteiger partial charge in [-0.3, -0.25) is 0 Å². The third-order valence-corrected chi connectivity index (χ3v) is 3.32. The Morgan fingerprint density at radius 2 is 2.00 bits per heavy atom. The molecule has 0 unspecified atom stereocenters. The van der Waals surface area contributed by atoms with E-state index in [1.165, 1.54) is 5.56 Å². The van der Waals surface area contributed by atoms with E-state index in [4.69, 9.17) is 24.0 Å². The molecule has 3 heteroatoms. The van der Waals surface area contributed by atoms with Gasteiger partial charge in [-0.15, -0.1) is 19.3 Å². The van der Waals surface area contributed by atoms with E-state index in [1.54, 1.807) is 0 Å². The largest absolute Gasteiger partial charge is 0.481 e. The summed E-state index contributed by atoms with van der Waals surface area (Å²) in [5.74, 6) is 8.48. The number of fused-ring (bicyclic) bond motifs is 1. The second-order valence-electron chi connectivity index (χ2n) is 4.79. The molecule has 0 bridgehead atoms. The highest BCUT2D eigenvalue weighted by Crippen LogP contribution is 2.26. The number of hydrogen-bond acceptors (Lipinski definition) is 2. The first-order chi connectivity index (χ1) is 10.8. The van der Waals surface area contributed by atoms with Crippen molar-refractivity contribution in [2.75, 3.05) is 19.7 Å². The average Bonchev–Trinajstić information content (AvgIpc) is 2.87. The molecular weight excluding hydrogens is 272 g/mol. The lowest BCUT2D eigenvalue weighted by molar-refractivity contribution is 0.371. The van der Waals surface area contributed by atoms with Crippen LogP contribution in [0.2, 0.25) is 0 Å². The molecule has 1 aromatic carbocycles. The quantitative estimate of drug-likeness (QED) is 0.624. The van der Waals surface area contributed by atoms with Gasteiger partial charge in [0.25, 0.3) is 0 Å². The zero-order valence-electron chi connectivity index (χ0n) is 12.4. The Labute approximate surface area is 131 Å². The minimum atomic E-state index is 0.260. The molecule has 3 nitrogen and oxygen atoms in total. The lowest BCUT2D eigenvalue weighted by atomic mass is 10.1. The minimum absolute atomic E-state index is 0.260. The Hall–Kier alpha value is -2.80. The molecule has 0 aliphatic carbocycles. The van der Waals surface area contributed by atoms with Crippen LogP contribution in [0.3, 0.4) is 0 Å². The normalized spacial score (nSPS) is 9.86. The SMILES string of the molecule is C#CCNCCc1cn(CC#C)c2ccc(OCC#C)cc12. The standard InChI is InChI=1S/C19H18N2O/c1-4-10-20-11-9-16-15-21(12-5-2)19-8-7-17(14-18(16)19)22-13-6-3/h1-3,7-8,14-15,20H,9-13H2. The number of hydrogen-bond donors (Lipinski definition) is 1. The van der Waals surface area contributed by atoms with Gasteiger partial charge in [-0.05, 0) is 30.2 Å². The zero-order chi connectivity index (χ0) is 15.8. The predicted octanol–water partition coefficient (Wildman–Crippen LogP) is 2.05. The monoisotopic (exact) mass is 290 g/mol. The molecule has 0 radical (unpaired) electrons. The minimum Gasteiger partial charge on any atom is -0.481 e. The van der Waals surface area contributed by atoms with E-state index in [0.717, 1.165) is 29.6 Å². The van der Waals surface area contributed by atoms with Gasteiger partial charge in [-0.1, -0.05) is 17.8 Å². The van der Waals surface area contributed by atoms with Gasteiger partial charge < -0.3 is 14.6 Å². The number of nitrogens with zero attached hydrogens (tertiary/aromatic N) is 1. The fourth-order valence-electron chi connectivity index (χ4n) is 2.38. The van der Waals surface area contributed by atoms with Crippen LogP contribution in [0, 0.1) is 37.0 Å². The van der Waals surface area contributed by atoms with E-state index in [-0.39, 0.29) is 6.61 Å². The number of aromatic nitrogens is 1. The van der Waals surface area contributed by atoms with Crippen LogP contribution in [0.5, 0.6) is 5.75 Å². The molecule has 22 heavy (non-hydrogen) atoms. The summed E-state index contributed by atoms with van der Waals surface area (Å²) in [6.07, 6.45) is 18.9. The Balaban J connectivity index is 2.29. The maximum absolute atomic E-state index is 5.50. The smallest absolute Gasteiger partial charge is 0.148 e. The molecule has 0 aliphatic rings. The van der Waals surface area contributed by atoms with Gasteiger partial charge in [0.15, 0.2) is 0 Å². The molecule has 110 valence electrons. The Morgan fingerprint density at radius 1 is 1.14 bits per heavy atom. The van der Waals surface area contributed by atoms with Crippen molar-refractivity contribution in [3.05, 3.63) is 30.0 Å². The van der Waals surface area contributed by atoms with Crippen LogP contribution in [0.15, 0.2) is 24.4 Å². The third-order valence-electron chi connectivity index (χ3n) is 3.32. The van der Waals surface area contributed by atoms with Crippen LogP contribution in [0.4, 0.5) is 0 Å². The molecule has 0 amide bonds. The Morgan fingerprint density at radius 3 is 2.73 bits per heavy atom. The summed E-state index contributed by atoms with van der Waals surface area (Å²) in [7, 11) is 0. The highest BCUT2D eigenvalue weighted by atomic mass is 16.5. The van der Waals surface area contributed by atoms with E-state index in [0.29, 0.717) is 13.1 Å². The van der Waals surface area contributed by atoms with Crippen molar-refractivity contribution in [2.24, 2.45) is 0 Å². The molecule has 0 spiro atoms. The lowest BCUT2D eigenvalue weighted by Gasteiger charge is -2.05. The van der Waals surface area contributed by atoms with Crippen molar-refractivity contribution >= 4 is 10.9 Å². The van der Waals surface area contributed by atoms with Gasteiger partial charge >= 0.3 is 0 Å². The molecule has 2 rings (SSSR count). The Bertz CT molecular complexity index is 766. The molecule has 1 N–H and O–H groups in total. The average molecular weight is 290 g/mol. The fourth-order valence-corrected chi connectivity index (χ4v) is 2.38. The molecule has 1 heterocycles. The van der Waals surface area contributed by atoms with Crippen molar-refractivity contribution in [1.29, 1.82) is 0 Å².